The summed E-state index contributed by atoms with van der Waals surface area (Å²) in [6.45, 7) is 1.94. The predicted octanol–water partition coefficient (Wildman–Crippen LogP) is 1.61. The number of rotatable bonds is 2. The van der Waals surface area contributed by atoms with E-state index >= 15 is 0 Å². The predicted molar refractivity (Wildman–Crippen MR) is 67.0 cm³/mol. The molecule has 2 N–H and O–H groups in total. The second kappa shape index (κ2) is 3.24. The summed E-state index contributed by atoms with van der Waals surface area (Å²) in [7, 11) is 0. The van der Waals surface area contributed by atoms with E-state index in [4.69, 9.17) is 10.5 Å². The maximum absolute atomic E-state index is 6.27. The van der Waals surface area contributed by atoms with Crippen LogP contribution in [0.1, 0.15) is 24.8 Å². The average molecular weight is 230 g/mol. The Kier molecular flexibility index (Phi) is 1.89. The van der Waals surface area contributed by atoms with Crippen LogP contribution in [-0.2, 0) is 10.3 Å². The molecule has 0 aromatic heterocycles. The van der Waals surface area contributed by atoms with Crippen molar-refractivity contribution in [1.82, 2.24) is 0 Å². The fraction of sp³-hybridized carbons (Fsp3) is 0.571. The first-order valence-corrected chi connectivity index (χ1v) is 6.52. The highest BCUT2D eigenvalue weighted by Gasteiger charge is 2.42. The van der Waals surface area contributed by atoms with E-state index in [0.29, 0.717) is 12.1 Å². The van der Waals surface area contributed by atoms with E-state index in [1.165, 1.54) is 17.7 Å². The van der Waals surface area contributed by atoms with Crippen LogP contribution >= 0.6 is 0 Å². The first-order chi connectivity index (χ1) is 8.24. The molecule has 3 fully saturated rings. The molecule has 1 saturated carbocycles. The maximum atomic E-state index is 6.27. The number of benzene rings is 1. The lowest BCUT2D eigenvalue weighted by atomic mass is 10.0. The normalized spacial score (nSPS) is 33.1. The van der Waals surface area contributed by atoms with E-state index in [0.717, 1.165) is 26.0 Å². The molecule has 90 valence electrons. The molecule has 17 heavy (non-hydrogen) atoms. The standard InChI is InChI=1S/C14H18N2O/c15-14(4-5-14)10-2-1-3-11(6-10)16-8-13-7-12(16)9-17-13/h1-3,6,12-13H,4-5,7-9,15H2. The van der Waals surface area contributed by atoms with Gasteiger partial charge in [0.05, 0.1) is 18.8 Å². The van der Waals surface area contributed by atoms with E-state index in [-0.39, 0.29) is 5.54 Å². The van der Waals surface area contributed by atoms with Crippen molar-refractivity contribution in [2.24, 2.45) is 5.73 Å². The molecule has 2 unspecified atom stereocenters. The van der Waals surface area contributed by atoms with E-state index in [9.17, 15) is 0 Å². The Balaban J connectivity index is 1.65. The Bertz CT molecular complexity index is 455. The van der Waals surface area contributed by atoms with Crippen molar-refractivity contribution in [2.75, 3.05) is 18.1 Å². The zero-order valence-corrected chi connectivity index (χ0v) is 9.93. The lowest BCUT2D eigenvalue weighted by Crippen LogP contribution is -2.37. The molecule has 2 saturated heterocycles. The lowest BCUT2D eigenvalue weighted by Gasteiger charge is -2.29. The topological polar surface area (TPSA) is 38.5 Å². The van der Waals surface area contributed by atoms with Crippen LogP contribution in [0.5, 0.6) is 0 Å². The number of ether oxygens (including phenoxy) is 1. The van der Waals surface area contributed by atoms with Crippen LogP contribution in [-0.4, -0.2) is 25.3 Å². The number of anilines is 1. The van der Waals surface area contributed by atoms with Crippen molar-refractivity contribution in [3.8, 4) is 0 Å². The summed E-state index contributed by atoms with van der Waals surface area (Å²) in [5, 5.41) is 0. The van der Waals surface area contributed by atoms with Crippen molar-refractivity contribution in [1.29, 1.82) is 0 Å². The fourth-order valence-corrected chi connectivity index (χ4v) is 3.13. The Labute approximate surface area is 102 Å². The summed E-state index contributed by atoms with van der Waals surface area (Å²) in [5.41, 5.74) is 8.88. The third-order valence-corrected chi connectivity index (χ3v) is 4.44. The van der Waals surface area contributed by atoms with Crippen LogP contribution in [0.25, 0.3) is 0 Å². The average Bonchev–Trinajstić information content (AvgIpc) is 2.82. The molecular weight excluding hydrogens is 212 g/mol. The number of hydrogen-bond donors (Lipinski definition) is 1. The molecule has 0 amide bonds. The first kappa shape index (κ1) is 9.92. The molecular formula is C14H18N2O. The van der Waals surface area contributed by atoms with Gasteiger partial charge in [-0.15, -0.1) is 0 Å². The minimum atomic E-state index is -0.0226. The van der Waals surface area contributed by atoms with Gasteiger partial charge in [-0.2, -0.15) is 0 Å². The molecule has 0 spiro atoms. The largest absolute Gasteiger partial charge is 0.374 e. The van der Waals surface area contributed by atoms with Gasteiger partial charge in [0.15, 0.2) is 0 Å². The van der Waals surface area contributed by atoms with Gasteiger partial charge in [0.1, 0.15) is 0 Å². The van der Waals surface area contributed by atoms with Crippen molar-refractivity contribution in [3.63, 3.8) is 0 Å². The molecule has 3 nitrogen and oxygen atoms in total. The van der Waals surface area contributed by atoms with Crippen LogP contribution in [0.4, 0.5) is 5.69 Å². The van der Waals surface area contributed by atoms with E-state index in [1.807, 2.05) is 0 Å². The second-order valence-corrected chi connectivity index (χ2v) is 5.70. The van der Waals surface area contributed by atoms with Crippen LogP contribution in [0.2, 0.25) is 0 Å². The smallest absolute Gasteiger partial charge is 0.0771 e. The lowest BCUT2D eigenvalue weighted by molar-refractivity contribution is 0.0991. The van der Waals surface area contributed by atoms with Gasteiger partial charge < -0.3 is 15.4 Å². The number of nitrogens with zero attached hydrogens (tertiary/aromatic N) is 1. The maximum Gasteiger partial charge on any atom is 0.0771 e. The molecule has 2 aliphatic heterocycles. The van der Waals surface area contributed by atoms with Crippen molar-refractivity contribution < 1.29 is 4.74 Å². The molecule has 3 heteroatoms. The van der Waals surface area contributed by atoms with Crippen molar-refractivity contribution in [2.45, 2.75) is 36.9 Å². The highest BCUT2D eigenvalue weighted by molar-refractivity contribution is 5.53. The Morgan fingerprint density at radius 2 is 2.24 bits per heavy atom. The number of fused-ring (bicyclic) bond motifs is 2. The third-order valence-electron chi connectivity index (χ3n) is 4.44. The zero-order chi connectivity index (χ0) is 11.5. The van der Waals surface area contributed by atoms with Gasteiger partial charge in [0, 0.05) is 17.8 Å². The summed E-state index contributed by atoms with van der Waals surface area (Å²) >= 11 is 0. The van der Waals surface area contributed by atoms with E-state index in [1.54, 1.807) is 0 Å². The molecule has 1 aliphatic carbocycles. The Morgan fingerprint density at radius 3 is 2.88 bits per heavy atom. The summed E-state index contributed by atoms with van der Waals surface area (Å²) in [4.78, 5) is 2.49. The van der Waals surface area contributed by atoms with Gasteiger partial charge >= 0.3 is 0 Å². The molecule has 2 heterocycles. The molecule has 1 aromatic carbocycles. The van der Waals surface area contributed by atoms with Gasteiger partial charge in [-0.05, 0) is 37.0 Å². The van der Waals surface area contributed by atoms with Gasteiger partial charge in [0.2, 0.25) is 0 Å². The highest BCUT2D eigenvalue weighted by Crippen LogP contribution is 2.44. The van der Waals surface area contributed by atoms with Gasteiger partial charge in [-0.3, -0.25) is 0 Å². The minimum Gasteiger partial charge on any atom is -0.374 e. The Hall–Kier alpha value is -1.06. The summed E-state index contributed by atoms with van der Waals surface area (Å²) in [6.07, 6.45) is 3.91. The van der Waals surface area contributed by atoms with Crippen LogP contribution in [0.3, 0.4) is 0 Å². The van der Waals surface area contributed by atoms with Gasteiger partial charge in [0.25, 0.3) is 0 Å². The third kappa shape index (κ3) is 1.49. The monoisotopic (exact) mass is 230 g/mol. The molecule has 4 rings (SSSR count). The summed E-state index contributed by atoms with van der Waals surface area (Å²) < 4.78 is 5.65. The van der Waals surface area contributed by atoms with Crippen molar-refractivity contribution in [3.05, 3.63) is 29.8 Å². The summed E-state index contributed by atoms with van der Waals surface area (Å²) in [6, 6.07) is 9.39. The summed E-state index contributed by atoms with van der Waals surface area (Å²) in [5.74, 6) is 0. The van der Waals surface area contributed by atoms with Crippen LogP contribution < -0.4 is 10.6 Å². The van der Waals surface area contributed by atoms with Crippen LogP contribution in [0.15, 0.2) is 24.3 Å². The molecule has 1 aromatic rings. The number of hydrogen-bond acceptors (Lipinski definition) is 3. The van der Waals surface area contributed by atoms with E-state index < -0.39 is 0 Å². The molecule has 0 radical (unpaired) electrons. The SMILES string of the molecule is NC1(c2cccc(N3CC4CC3CO4)c2)CC1. The number of morpholine rings is 1. The highest BCUT2D eigenvalue weighted by atomic mass is 16.5. The Morgan fingerprint density at radius 1 is 1.35 bits per heavy atom. The van der Waals surface area contributed by atoms with E-state index in [2.05, 4.69) is 29.2 Å². The van der Waals surface area contributed by atoms with Crippen LogP contribution in [0, 0.1) is 0 Å². The van der Waals surface area contributed by atoms with Gasteiger partial charge in [-0.25, -0.2) is 0 Å². The molecule has 2 atom stereocenters. The van der Waals surface area contributed by atoms with Gasteiger partial charge in [-0.1, -0.05) is 12.1 Å². The molecule has 3 aliphatic rings. The molecule has 2 bridgehead atoms. The number of nitrogens with two attached hydrogens (primary N) is 1. The van der Waals surface area contributed by atoms with Crippen molar-refractivity contribution >= 4 is 5.69 Å². The first-order valence-electron chi connectivity index (χ1n) is 6.52. The fourth-order valence-electron chi connectivity index (χ4n) is 3.13. The zero-order valence-electron chi connectivity index (χ0n) is 9.93. The minimum absolute atomic E-state index is 0.0226. The second-order valence-electron chi connectivity index (χ2n) is 5.70. The quantitative estimate of drug-likeness (QED) is 0.839.